The number of nitrogens with zero attached hydrogens (tertiary/aromatic N) is 3. The topological polar surface area (TPSA) is 41.1 Å². The third kappa shape index (κ3) is 1.70. The zero-order valence-electron chi connectivity index (χ0n) is 8.91. The van der Waals surface area contributed by atoms with Crippen LogP contribution in [0.2, 0.25) is 0 Å². The number of hydrogen-bond acceptors (Lipinski definition) is 4. The van der Waals surface area contributed by atoms with Gasteiger partial charge in [-0.2, -0.15) is 0 Å². The number of nitrogens with one attached hydrogen (secondary N) is 1. The molecule has 1 saturated heterocycles. The van der Waals surface area contributed by atoms with Crippen molar-refractivity contribution >= 4 is 5.95 Å². The number of likely N-dealkylation sites (N-methyl/N-ethyl adjacent to an activating group) is 1. The molecule has 0 bridgehead atoms. The van der Waals surface area contributed by atoms with Crippen LogP contribution in [-0.2, 0) is 0 Å². The monoisotopic (exact) mass is 192 g/mol. The van der Waals surface area contributed by atoms with Crippen molar-refractivity contribution in [2.45, 2.75) is 19.9 Å². The van der Waals surface area contributed by atoms with Crippen LogP contribution in [0.4, 0.5) is 5.95 Å². The second-order valence-electron chi connectivity index (χ2n) is 3.87. The summed E-state index contributed by atoms with van der Waals surface area (Å²) in [6.07, 6.45) is 0. The van der Waals surface area contributed by atoms with Crippen LogP contribution in [-0.4, -0.2) is 36.1 Å². The Balaban J connectivity index is 2.21. The van der Waals surface area contributed by atoms with Crippen LogP contribution in [0.5, 0.6) is 0 Å². The van der Waals surface area contributed by atoms with E-state index in [1.807, 2.05) is 19.9 Å². The summed E-state index contributed by atoms with van der Waals surface area (Å²) in [5.74, 6) is 0.842. The first-order valence-corrected chi connectivity index (χ1v) is 4.92. The Hall–Kier alpha value is -1.16. The van der Waals surface area contributed by atoms with Crippen LogP contribution in [0.1, 0.15) is 11.4 Å². The second-order valence-corrected chi connectivity index (χ2v) is 3.87. The molecule has 1 N–H and O–H groups in total. The van der Waals surface area contributed by atoms with Crippen LogP contribution in [0.3, 0.4) is 0 Å². The Kier molecular flexibility index (Phi) is 2.37. The van der Waals surface area contributed by atoms with Gasteiger partial charge in [0.05, 0.1) is 6.04 Å². The maximum absolute atomic E-state index is 4.42. The van der Waals surface area contributed by atoms with Gasteiger partial charge in [0.1, 0.15) is 0 Å². The Morgan fingerprint density at radius 3 is 2.29 bits per heavy atom. The van der Waals surface area contributed by atoms with E-state index in [1.54, 1.807) is 0 Å². The molecule has 1 aliphatic heterocycles. The summed E-state index contributed by atoms with van der Waals surface area (Å²) in [5, 5.41) is 3.24. The van der Waals surface area contributed by atoms with Crippen LogP contribution in [0.25, 0.3) is 0 Å². The summed E-state index contributed by atoms with van der Waals surface area (Å²) in [4.78, 5) is 11.0. The lowest BCUT2D eigenvalue weighted by Crippen LogP contribution is -2.56. The molecule has 0 aliphatic carbocycles. The lowest BCUT2D eigenvalue weighted by atomic mass is 10.1. The van der Waals surface area contributed by atoms with Gasteiger partial charge in [0, 0.05) is 31.5 Å². The molecule has 4 heteroatoms. The Bertz CT molecular complexity index is 313. The van der Waals surface area contributed by atoms with Crippen LogP contribution in [0, 0.1) is 13.8 Å². The fourth-order valence-corrected chi connectivity index (χ4v) is 1.58. The first-order chi connectivity index (χ1) is 6.66. The minimum absolute atomic E-state index is 0.552. The normalized spacial score (nSPS) is 16.5. The summed E-state index contributed by atoms with van der Waals surface area (Å²) in [7, 11) is 2.06. The highest BCUT2D eigenvalue weighted by atomic mass is 15.3. The summed E-state index contributed by atoms with van der Waals surface area (Å²) in [5.41, 5.74) is 2.07. The van der Waals surface area contributed by atoms with Crippen LogP contribution >= 0.6 is 0 Å². The number of aromatic nitrogens is 2. The summed E-state index contributed by atoms with van der Waals surface area (Å²) >= 11 is 0. The van der Waals surface area contributed by atoms with E-state index in [1.165, 1.54) is 0 Å². The molecule has 1 aliphatic rings. The zero-order valence-corrected chi connectivity index (χ0v) is 8.91. The fraction of sp³-hybridized carbons (Fsp3) is 0.600. The molecule has 1 aromatic rings. The van der Waals surface area contributed by atoms with Gasteiger partial charge in [0.15, 0.2) is 0 Å². The highest BCUT2D eigenvalue weighted by Crippen LogP contribution is 2.13. The summed E-state index contributed by atoms with van der Waals surface area (Å²) < 4.78 is 0. The van der Waals surface area contributed by atoms with Gasteiger partial charge in [-0.1, -0.05) is 0 Å². The number of anilines is 1. The highest BCUT2D eigenvalue weighted by molar-refractivity contribution is 5.33. The van der Waals surface area contributed by atoms with Gasteiger partial charge < -0.3 is 10.2 Å². The smallest absolute Gasteiger partial charge is 0.225 e. The molecule has 0 amide bonds. The molecule has 0 saturated carbocycles. The zero-order chi connectivity index (χ0) is 10.1. The van der Waals surface area contributed by atoms with Gasteiger partial charge in [0.25, 0.3) is 0 Å². The second kappa shape index (κ2) is 3.53. The molecular weight excluding hydrogens is 176 g/mol. The van der Waals surface area contributed by atoms with Gasteiger partial charge in [0.2, 0.25) is 5.95 Å². The van der Waals surface area contributed by atoms with Crippen molar-refractivity contribution in [3.05, 3.63) is 17.5 Å². The van der Waals surface area contributed by atoms with Gasteiger partial charge in [-0.15, -0.1) is 0 Å². The average Bonchev–Trinajstić information content (AvgIpc) is 1.98. The van der Waals surface area contributed by atoms with E-state index in [0.717, 1.165) is 30.4 Å². The summed E-state index contributed by atoms with van der Waals surface area (Å²) in [6, 6.07) is 2.55. The first-order valence-electron chi connectivity index (χ1n) is 4.92. The van der Waals surface area contributed by atoms with E-state index in [0.29, 0.717) is 6.04 Å². The molecule has 2 heterocycles. The van der Waals surface area contributed by atoms with Gasteiger partial charge >= 0.3 is 0 Å². The quantitative estimate of drug-likeness (QED) is 0.741. The van der Waals surface area contributed by atoms with Crippen LogP contribution in [0.15, 0.2) is 6.07 Å². The number of rotatable bonds is 2. The van der Waals surface area contributed by atoms with E-state index in [-0.39, 0.29) is 0 Å². The molecule has 2 rings (SSSR count). The van der Waals surface area contributed by atoms with E-state index >= 15 is 0 Å². The maximum Gasteiger partial charge on any atom is 0.225 e. The fourth-order valence-electron chi connectivity index (χ4n) is 1.58. The predicted molar refractivity (Wildman–Crippen MR) is 56.6 cm³/mol. The molecule has 4 nitrogen and oxygen atoms in total. The largest absolute Gasteiger partial charge is 0.338 e. The predicted octanol–water partition coefficient (Wildman–Crippen LogP) is 0.501. The lowest BCUT2D eigenvalue weighted by molar-refractivity contribution is 0.424. The SMILES string of the molecule is Cc1cc(C)nc(N(C)C2CNC2)n1. The minimum atomic E-state index is 0.552. The third-order valence-corrected chi connectivity index (χ3v) is 2.59. The highest BCUT2D eigenvalue weighted by Gasteiger charge is 2.23. The first kappa shape index (κ1) is 9.40. The van der Waals surface area contributed by atoms with E-state index in [4.69, 9.17) is 0 Å². The Morgan fingerprint density at radius 1 is 1.29 bits per heavy atom. The molecule has 0 radical (unpaired) electrons. The molecule has 0 spiro atoms. The molecular formula is C10H16N4. The van der Waals surface area contributed by atoms with E-state index < -0.39 is 0 Å². The molecule has 0 unspecified atom stereocenters. The minimum Gasteiger partial charge on any atom is -0.338 e. The van der Waals surface area contributed by atoms with Crippen molar-refractivity contribution < 1.29 is 0 Å². The molecule has 1 aromatic heterocycles. The van der Waals surface area contributed by atoms with Crippen molar-refractivity contribution in [1.29, 1.82) is 0 Å². The van der Waals surface area contributed by atoms with Crippen molar-refractivity contribution in [2.24, 2.45) is 0 Å². The van der Waals surface area contributed by atoms with Crippen molar-refractivity contribution in [1.82, 2.24) is 15.3 Å². The Morgan fingerprint density at radius 2 is 1.86 bits per heavy atom. The average molecular weight is 192 g/mol. The lowest BCUT2D eigenvalue weighted by Gasteiger charge is -2.35. The number of hydrogen-bond donors (Lipinski definition) is 1. The summed E-state index contributed by atoms with van der Waals surface area (Å²) in [6.45, 7) is 6.08. The maximum atomic E-state index is 4.42. The van der Waals surface area contributed by atoms with Gasteiger partial charge in [-0.05, 0) is 19.9 Å². The van der Waals surface area contributed by atoms with Crippen molar-refractivity contribution in [2.75, 3.05) is 25.0 Å². The molecule has 14 heavy (non-hydrogen) atoms. The van der Waals surface area contributed by atoms with Crippen LogP contribution < -0.4 is 10.2 Å². The Labute approximate surface area is 84.4 Å². The molecule has 0 atom stereocenters. The molecule has 0 aromatic carbocycles. The molecule has 76 valence electrons. The number of aryl methyl sites for hydroxylation is 2. The van der Waals surface area contributed by atoms with E-state index in [2.05, 4.69) is 27.2 Å². The standard InChI is InChI=1S/C10H16N4/c1-7-4-8(2)13-10(12-7)14(3)9-5-11-6-9/h4,9,11H,5-6H2,1-3H3. The van der Waals surface area contributed by atoms with Crippen molar-refractivity contribution in [3.63, 3.8) is 0 Å². The molecule has 1 fully saturated rings. The van der Waals surface area contributed by atoms with E-state index in [9.17, 15) is 0 Å². The van der Waals surface area contributed by atoms with Gasteiger partial charge in [-0.3, -0.25) is 0 Å². The van der Waals surface area contributed by atoms with Crippen molar-refractivity contribution in [3.8, 4) is 0 Å². The van der Waals surface area contributed by atoms with Gasteiger partial charge in [-0.25, -0.2) is 9.97 Å². The third-order valence-electron chi connectivity index (χ3n) is 2.59.